The minimum absolute atomic E-state index is 0.214. The molecule has 0 aromatic heterocycles. The lowest BCUT2D eigenvalue weighted by atomic mass is 10.1. The quantitative estimate of drug-likeness (QED) is 0.669. The van der Waals surface area contributed by atoms with Gasteiger partial charge in [-0.25, -0.2) is 0 Å². The number of alkyl halides is 1. The van der Waals surface area contributed by atoms with Crippen LogP contribution in [0.25, 0.3) is 0 Å². The number of carboxylic acids is 1. The SMILES string of the molecule is CC(CCBr)C(=O)O. The van der Waals surface area contributed by atoms with E-state index in [2.05, 4.69) is 15.9 Å². The molecule has 0 saturated carbocycles. The van der Waals surface area contributed by atoms with E-state index < -0.39 is 5.97 Å². The highest BCUT2D eigenvalue weighted by molar-refractivity contribution is 9.09. The highest BCUT2D eigenvalue weighted by atomic mass is 79.9. The van der Waals surface area contributed by atoms with Crippen molar-refractivity contribution >= 4 is 21.9 Å². The Balaban J connectivity index is 3.32. The van der Waals surface area contributed by atoms with Crippen LogP contribution in [0, 0.1) is 5.92 Å². The topological polar surface area (TPSA) is 37.3 Å². The van der Waals surface area contributed by atoms with Gasteiger partial charge in [0.1, 0.15) is 0 Å². The number of carboxylic acid groups (broad SMARTS) is 1. The van der Waals surface area contributed by atoms with Crippen molar-refractivity contribution < 1.29 is 9.90 Å². The predicted molar refractivity (Wildman–Crippen MR) is 35.2 cm³/mol. The molecule has 48 valence electrons. The van der Waals surface area contributed by atoms with Crippen LogP contribution in [0.15, 0.2) is 0 Å². The van der Waals surface area contributed by atoms with Gasteiger partial charge in [0.15, 0.2) is 0 Å². The van der Waals surface area contributed by atoms with Gasteiger partial charge in [-0.1, -0.05) is 22.9 Å². The summed E-state index contributed by atoms with van der Waals surface area (Å²) in [4.78, 5) is 10.1. The fourth-order valence-corrected chi connectivity index (χ4v) is 0.974. The summed E-state index contributed by atoms with van der Waals surface area (Å²) in [5.74, 6) is -0.932. The van der Waals surface area contributed by atoms with Crippen molar-refractivity contribution in [1.82, 2.24) is 0 Å². The molecule has 3 heteroatoms. The maximum Gasteiger partial charge on any atom is 0.306 e. The van der Waals surface area contributed by atoms with Gasteiger partial charge in [0.25, 0.3) is 0 Å². The van der Waals surface area contributed by atoms with Crippen LogP contribution in [-0.4, -0.2) is 16.4 Å². The third-order valence-electron chi connectivity index (χ3n) is 0.964. The molecule has 2 nitrogen and oxygen atoms in total. The van der Waals surface area contributed by atoms with Crippen LogP contribution in [-0.2, 0) is 4.79 Å². The molecule has 0 aromatic carbocycles. The molecule has 0 spiro atoms. The zero-order valence-corrected chi connectivity index (χ0v) is 6.31. The average Bonchev–Trinajstić information content (AvgIpc) is 1.67. The summed E-state index contributed by atoms with van der Waals surface area (Å²) in [7, 11) is 0. The number of aliphatic carboxylic acids is 1. The van der Waals surface area contributed by atoms with Gasteiger partial charge >= 0.3 is 5.97 Å². The number of hydrogen-bond donors (Lipinski definition) is 1. The molecule has 0 aliphatic heterocycles. The van der Waals surface area contributed by atoms with Gasteiger partial charge in [-0.15, -0.1) is 0 Å². The van der Waals surface area contributed by atoms with Crippen molar-refractivity contribution in [2.75, 3.05) is 5.33 Å². The van der Waals surface area contributed by atoms with E-state index in [0.29, 0.717) is 6.42 Å². The fraction of sp³-hybridized carbons (Fsp3) is 0.800. The second-order valence-corrected chi connectivity index (χ2v) is 2.51. The molecule has 0 heterocycles. The van der Waals surface area contributed by atoms with Gasteiger partial charge < -0.3 is 5.11 Å². The molecule has 0 aliphatic carbocycles. The molecule has 0 rings (SSSR count). The highest BCUT2D eigenvalue weighted by Crippen LogP contribution is 2.02. The second-order valence-electron chi connectivity index (χ2n) is 1.72. The Morgan fingerprint density at radius 3 is 2.50 bits per heavy atom. The Morgan fingerprint density at radius 2 is 2.38 bits per heavy atom. The van der Waals surface area contributed by atoms with E-state index in [0.717, 1.165) is 5.33 Å². The van der Waals surface area contributed by atoms with Crippen molar-refractivity contribution in [1.29, 1.82) is 0 Å². The summed E-state index contributed by atoms with van der Waals surface area (Å²) in [6, 6.07) is 0. The lowest BCUT2D eigenvalue weighted by Gasteiger charge is -1.99. The van der Waals surface area contributed by atoms with Crippen LogP contribution in [0.4, 0.5) is 0 Å². The molecule has 0 radical (unpaired) electrons. The monoisotopic (exact) mass is 180 g/mol. The Morgan fingerprint density at radius 1 is 1.88 bits per heavy atom. The van der Waals surface area contributed by atoms with Crippen LogP contribution >= 0.6 is 15.9 Å². The van der Waals surface area contributed by atoms with Crippen LogP contribution in [0.5, 0.6) is 0 Å². The van der Waals surface area contributed by atoms with Crippen LogP contribution < -0.4 is 0 Å². The Labute approximate surface area is 57.0 Å². The lowest BCUT2D eigenvalue weighted by Crippen LogP contribution is -2.09. The number of rotatable bonds is 3. The zero-order chi connectivity index (χ0) is 6.57. The Hall–Kier alpha value is -0.0500. The maximum atomic E-state index is 10.1. The molecule has 0 bridgehead atoms. The van der Waals surface area contributed by atoms with E-state index >= 15 is 0 Å². The van der Waals surface area contributed by atoms with Gasteiger partial charge in [0.2, 0.25) is 0 Å². The second kappa shape index (κ2) is 3.89. The largest absolute Gasteiger partial charge is 0.481 e. The molecule has 1 N–H and O–H groups in total. The molecular weight excluding hydrogens is 172 g/mol. The highest BCUT2D eigenvalue weighted by Gasteiger charge is 2.07. The molecule has 8 heavy (non-hydrogen) atoms. The maximum absolute atomic E-state index is 10.1. The first kappa shape index (κ1) is 7.95. The van der Waals surface area contributed by atoms with Crippen molar-refractivity contribution in [3.05, 3.63) is 0 Å². The van der Waals surface area contributed by atoms with E-state index in [1.54, 1.807) is 6.92 Å². The van der Waals surface area contributed by atoms with Gasteiger partial charge in [0.05, 0.1) is 5.92 Å². The third-order valence-corrected chi connectivity index (χ3v) is 1.42. The third kappa shape index (κ3) is 3.02. The van der Waals surface area contributed by atoms with Crippen LogP contribution in [0.1, 0.15) is 13.3 Å². The molecule has 1 atom stereocenters. The summed E-state index contributed by atoms with van der Waals surface area (Å²) in [5, 5.41) is 9.06. The normalized spacial score (nSPS) is 13.2. The van der Waals surface area contributed by atoms with E-state index in [9.17, 15) is 4.79 Å². The summed E-state index contributed by atoms with van der Waals surface area (Å²) in [5.41, 5.74) is 0. The van der Waals surface area contributed by atoms with E-state index in [1.807, 2.05) is 0 Å². The summed E-state index contributed by atoms with van der Waals surface area (Å²) < 4.78 is 0. The Kier molecular flexibility index (Phi) is 3.87. The number of halogens is 1. The number of carbonyl (C=O) groups is 1. The predicted octanol–water partition coefficient (Wildman–Crippen LogP) is 1.49. The standard InChI is InChI=1S/C5H9BrO2/c1-4(2-3-6)5(7)8/h4H,2-3H2,1H3,(H,7,8). The van der Waals surface area contributed by atoms with E-state index in [-0.39, 0.29) is 5.92 Å². The molecule has 0 saturated heterocycles. The van der Waals surface area contributed by atoms with Crippen LogP contribution in [0.3, 0.4) is 0 Å². The smallest absolute Gasteiger partial charge is 0.306 e. The first-order valence-corrected chi connectivity index (χ1v) is 3.59. The van der Waals surface area contributed by atoms with Gasteiger partial charge in [0, 0.05) is 5.33 Å². The summed E-state index contributed by atoms with van der Waals surface area (Å²) in [6.07, 6.45) is 0.704. The summed E-state index contributed by atoms with van der Waals surface area (Å²) >= 11 is 3.15. The van der Waals surface area contributed by atoms with E-state index in [1.165, 1.54) is 0 Å². The van der Waals surface area contributed by atoms with Crippen molar-refractivity contribution in [3.63, 3.8) is 0 Å². The van der Waals surface area contributed by atoms with Crippen molar-refractivity contribution in [2.24, 2.45) is 5.92 Å². The summed E-state index contributed by atoms with van der Waals surface area (Å²) in [6.45, 7) is 1.70. The molecule has 0 fully saturated rings. The minimum Gasteiger partial charge on any atom is -0.481 e. The molecule has 1 unspecified atom stereocenters. The average molecular weight is 181 g/mol. The molecule has 0 aromatic rings. The van der Waals surface area contributed by atoms with Gasteiger partial charge in [-0.2, -0.15) is 0 Å². The molecule has 0 amide bonds. The lowest BCUT2D eigenvalue weighted by molar-refractivity contribution is -0.141. The van der Waals surface area contributed by atoms with Crippen molar-refractivity contribution in [2.45, 2.75) is 13.3 Å². The van der Waals surface area contributed by atoms with E-state index in [4.69, 9.17) is 5.11 Å². The molecular formula is C5H9BrO2. The van der Waals surface area contributed by atoms with Gasteiger partial charge in [-0.05, 0) is 6.42 Å². The first-order chi connectivity index (χ1) is 3.68. The van der Waals surface area contributed by atoms with Crippen molar-refractivity contribution in [3.8, 4) is 0 Å². The fourth-order valence-electron chi connectivity index (χ4n) is 0.287. The first-order valence-electron chi connectivity index (χ1n) is 2.47. The van der Waals surface area contributed by atoms with Crippen LogP contribution in [0.2, 0.25) is 0 Å². The Bertz CT molecular complexity index is 82.5. The molecule has 0 aliphatic rings. The number of hydrogen-bond acceptors (Lipinski definition) is 1. The van der Waals surface area contributed by atoms with Gasteiger partial charge in [-0.3, -0.25) is 4.79 Å². The zero-order valence-electron chi connectivity index (χ0n) is 4.72. The minimum atomic E-state index is -0.718.